The summed E-state index contributed by atoms with van der Waals surface area (Å²) in [5, 5.41) is 2.96. The van der Waals surface area contributed by atoms with E-state index in [0.29, 0.717) is 64.0 Å². The minimum atomic E-state index is -0.947. The quantitative estimate of drug-likeness (QED) is 0.137. The van der Waals surface area contributed by atoms with Crippen LogP contribution in [0, 0.1) is 0 Å². The first-order chi connectivity index (χ1) is 28.5. The van der Waals surface area contributed by atoms with Gasteiger partial charge in [-0.05, 0) is 78.6 Å². The maximum absolute atomic E-state index is 13.9. The lowest BCUT2D eigenvalue weighted by atomic mass is 10.1. The van der Waals surface area contributed by atoms with Gasteiger partial charge in [0.05, 0.1) is 53.6 Å². The summed E-state index contributed by atoms with van der Waals surface area (Å²) >= 11 is 4.46. The first-order valence-electron chi connectivity index (χ1n) is 19.3. The van der Waals surface area contributed by atoms with Crippen LogP contribution in [0.5, 0.6) is 23.0 Å². The van der Waals surface area contributed by atoms with Crippen molar-refractivity contribution < 1.29 is 33.3 Å². The second-order valence-corrected chi connectivity index (χ2v) is 16.5. The van der Waals surface area contributed by atoms with Gasteiger partial charge in [0.1, 0.15) is 13.2 Å². The van der Waals surface area contributed by atoms with Gasteiger partial charge in [-0.1, -0.05) is 36.4 Å². The minimum absolute atomic E-state index is 0.0791. The van der Waals surface area contributed by atoms with E-state index in [4.69, 9.17) is 28.9 Å². The highest BCUT2D eigenvalue weighted by Crippen LogP contribution is 2.43. The lowest BCUT2D eigenvalue weighted by molar-refractivity contribution is -0.117. The monoisotopic (exact) mass is 807 g/mol. The molecular formula is C46H41N5O7S. The molecule has 298 valence electrons. The molecule has 0 aliphatic carbocycles. The number of amides is 3. The zero-order chi connectivity index (χ0) is 41.0. The fourth-order valence-electron chi connectivity index (χ4n) is 7.99. The number of rotatable bonds is 10. The molecule has 2 atom stereocenters. The zero-order valence-electron chi connectivity index (χ0n) is 32.9. The van der Waals surface area contributed by atoms with Gasteiger partial charge in [-0.2, -0.15) is 12.6 Å². The molecule has 5 aromatic carbocycles. The topological polar surface area (TPSA) is 131 Å². The Bertz CT molecular complexity index is 2460. The molecule has 3 amide bonds. The number of anilines is 3. The molecule has 9 rings (SSSR count). The molecule has 0 unspecified atom stereocenters. The van der Waals surface area contributed by atoms with Crippen LogP contribution in [0.1, 0.15) is 56.8 Å². The van der Waals surface area contributed by atoms with Crippen molar-refractivity contribution in [2.75, 3.05) is 29.3 Å². The Morgan fingerprint density at radius 3 is 1.59 bits per heavy atom. The van der Waals surface area contributed by atoms with Gasteiger partial charge in [0.25, 0.3) is 11.8 Å². The Morgan fingerprint density at radius 1 is 0.695 bits per heavy atom. The lowest BCUT2D eigenvalue weighted by Gasteiger charge is -2.22. The summed E-state index contributed by atoms with van der Waals surface area (Å²) in [6.07, 6.45) is 5.00. The van der Waals surface area contributed by atoms with Gasteiger partial charge in [0.2, 0.25) is 5.91 Å². The summed E-state index contributed by atoms with van der Waals surface area (Å²) in [5.41, 5.74) is 7.71. The maximum atomic E-state index is 13.9. The Hall–Kier alpha value is -6.60. The molecule has 0 saturated heterocycles. The average molecular weight is 808 g/mol. The zero-order valence-corrected chi connectivity index (χ0v) is 33.8. The van der Waals surface area contributed by atoms with Crippen LogP contribution in [-0.4, -0.2) is 61.2 Å². The fourth-order valence-corrected chi connectivity index (χ4v) is 8.04. The Balaban J connectivity index is 0.978. The lowest BCUT2D eigenvalue weighted by Crippen LogP contribution is -2.37. The second kappa shape index (κ2) is 15.0. The molecule has 59 heavy (non-hydrogen) atoms. The Kier molecular flexibility index (Phi) is 9.63. The summed E-state index contributed by atoms with van der Waals surface area (Å²) in [7, 11) is 3.05. The molecular weight excluding hydrogens is 767 g/mol. The van der Waals surface area contributed by atoms with Crippen molar-refractivity contribution in [3.63, 3.8) is 0 Å². The van der Waals surface area contributed by atoms with Crippen molar-refractivity contribution in [1.82, 2.24) is 0 Å². The van der Waals surface area contributed by atoms with Gasteiger partial charge >= 0.3 is 0 Å². The van der Waals surface area contributed by atoms with Gasteiger partial charge in [0.15, 0.2) is 23.0 Å². The number of hydrogen-bond donors (Lipinski definition) is 2. The van der Waals surface area contributed by atoms with E-state index >= 15 is 0 Å². The summed E-state index contributed by atoms with van der Waals surface area (Å²) in [5.74, 6) is 0.948. The molecule has 0 aromatic heterocycles. The van der Waals surface area contributed by atoms with Crippen molar-refractivity contribution >= 4 is 71.2 Å². The predicted molar refractivity (Wildman–Crippen MR) is 231 cm³/mol. The first kappa shape index (κ1) is 37.9. The molecule has 4 heterocycles. The highest BCUT2D eigenvalue weighted by Gasteiger charge is 2.38. The van der Waals surface area contributed by atoms with E-state index in [1.54, 1.807) is 47.9 Å². The van der Waals surface area contributed by atoms with Crippen molar-refractivity contribution in [2.45, 2.75) is 56.7 Å². The number of carbonyl (C=O) groups is 3. The maximum Gasteiger partial charge on any atom is 0.261 e. The molecule has 1 N–H and O–H groups in total. The molecule has 0 spiro atoms. The molecule has 4 aliphatic heterocycles. The number of benzene rings is 5. The van der Waals surface area contributed by atoms with Gasteiger partial charge in [0, 0.05) is 54.5 Å². The Labute approximate surface area is 346 Å². The largest absolute Gasteiger partial charge is 0.493 e. The first-order valence-corrected chi connectivity index (χ1v) is 19.7. The van der Waals surface area contributed by atoms with E-state index in [1.165, 1.54) is 14.2 Å². The predicted octanol–water partition coefficient (Wildman–Crippen LogP) is 8.08. The normalized spacial score (nSPS) is 17.2. The van der Waals surface area contributed by atoms with Gasteiger partial charge in [-0.25, -0.2) is 0 Å². The van der Waals surface area contributed by atoms with E-state index in [9.17, 15) is 14.4 Å². The fraction of sp³-hybridized carbons (Fsp3) is 0.239. The van der Waals surface area contributed by atoms with Crippen LogP contribution < -0.4 is 34.1 Å². The van der Waals surface area contributed by atoms with E-state index in [1.807, 2.05) is 79.2 Å². The summed E-state index contributed by atoms with van der Waals surface area (Å²) in [6, 6.07) is 27.7. The number of para-hydroxylation sites is 2. The van der Waals surface area contributed by atoms with E-state index in [2.05, 4.69) is 17.9 Å². The number of nitrogens with zero attached hydrogens (tertiary/aromatic N) is 4. The number of hydrogen-bond acceptors (Lipinski definition) is 10. The number of methoxy groups -OCH3 is 2. The number of aliphatic imine (C=N–C) groups is 2. The third-order valence-electron chi connectivity index (χ3n) is 10.9. The van der Waals surface area contributed by atoms with Gasteiger partial charge < -0.3 is 24.3 Å². The Morgan fingerprint density at radius 2 is 1.15 bits per heavy atom. The van der Waals surface area contributed by atoms with Crippen molar-refractivity contribution in [2.24, 2.45) is 9.98 Å². The van der Waals surface area contributed by atoms with Crippen LogP contribution in [0.25, 0.3) is 0 Å². The average Bonchev–Trinajstić information content (AvgIpc) is 3.72. The van der Waals surface area contributed by atoms with Crippen molar-refractivity contribution in [3.05, 3.63) is 124 Å². The number of fused-ring (bicyclic) bond motifs is 8. The smallest absolute Gasteiger partial charge is 0.261 e. The summed E-state index contributed by atoms with van der Waals surface area (Å²) in [4.78, 5) is 54.0. The molecule has 12 nitrogen and oxygen atoms in total. The molecule has 13 heteroatoms. The number of carbonyl (C=O) groups excluding carboxylic acids is 3. The summed E-state index contributed by atoms with van der Waals surface area (Å²) < 4.78 is 23.2. The van der Waals surface area contributed by atoms with Crippen LogP contribution in [0.2, 0.25) is 0 Å². The van der Waals surface area contributed by atoms with E-state index < -0.39 is 4.75 Å². The highest BCUT2D eigenvalue weighted by atomic mass is 32.1. The molecule has 0 fully saturated rings. The molecule has 0 bridgehead atoms. The molecule has 4 aliphatic rings. The third kappa shape index (κ3) is 7.05. The number of nitrogens with one attached hydrogen (secondary N) is 1. The number of thiol groups is 1. The summed E-state index contributed by atoms with van der Waals surface area (Å²) in [6.45, 7) is 3.58. The number of ether oxygens (including phenoxy) is 4. The minimum Gasteiger partial charge on any atom is -0.493 e. The van der Waals surface area contributed by atoms with Gasteiger partial charge in [-0.15, -0.1) is 0 Å². The molecule has 0 saturated carbocycles. The van der Waals surface area contributed by atoms with Crippen LogP contribution >= 0.6 is 12.6 Å². The van der Waals surface area contributed by atoms with E-state index in [-0.39, 0.29) is 43.0 Å². The highest BCUT2D eigenvalue weighted by molar-refractivity contribution is 7.82. The van der Waals surface area contributed by atoms with Crippen LogP contribution in [0.3, 0.4) is 0 Å². The van der Waals surface area contributed by atoms with Crippen molar-refractivity contribution in [1.29, 1.82) is 0 Å². The van der Waals surface area contributed by atoms with Crippen LogP contribution in [0.4, 0.5) is 28.4 Å². The second-order valence-electron chi connectivity index (χ2n) is 15.4. The SMILES string of the molecule is COc1cc2c(cc1OCc1cc(COc3cc4c(cc3OC)C(=O)N3c5ccccc5C[C@H]3C=N4)cc(NC(=O)C(C)(C)S)c1)N=C[C@@H]1Cc3ccccc3N1C2=O. The van der Waals surface area contributed by atoms with E-state index in [0.717, 1.165) is 33.6 Å². The molecule has 0 radical (unpaired) electrons. The molecule has 5 aromatic rings. The third-order valence-corrected chi connectivity index (χ3v) is 11.1. The van der Waals surface area contributed by atoms with Crippen LogP contribution in [0.15, 0.2) is 101 Å². The van der Waals surface area contributed by atoms with Crippen molar-refractivity contribution in [3.8, 4) is 23.0 Å². The van der Waals surface area contributed by atoms with Gasteiger partial charge in [-0.3, -0.25) is 34.2 Å². The standard InChI is InChI=1S/C46H41N5O7S/c1-46(2,59)45(54)49-30-14-26(24-57-41-20-35-33(18-39(41)55-3)43(52)50-31(22-47-35)16-28-9-5-7-11-37(28)50)13-27(15-30)25-58-42-21-36-34(19-40(42)56-4)44(53)51-32(23-48-36)17-29-10-6-8-12-38(29)51/h5-15,18-23,31-32,59H,16-17,24-25H2,1-4H3,(H,49,54)/t31-,32-/m0/s1. The van der Waals surface area contributed by atoms with Crippen LogP contribution in [-0.2, 0) is 30.8 Å².